The third-order valence-corrected chi connectivity index (χ3v) is 10.6. The molecule has 4 aliphatic carbocycles. The van der Waals surface area contributed by atoms with E-state index in [0.717, 1.165) is 68.5 Å². The Hall–Kier alpha value is -0.410. The van der Waals surface area contributed by atoms with Crippen LogP contribution in [0.25, 0.3) is 0 Å². The molecule has 0 aromatic heterocycles. The van der Waals surface area contributed by atoms with Crippen LogP contribution >= 0.6 is 0 Å². The fourth-order valence-electron chi connectivity index (χ4n) is 9.01. The van der Waals surface area contributed by atoms with Gasteiger partial charge in [-0.2, -0.15) is 0 Å². The third-order valence-electron chi connectivity index (χ3n) is 10.6. The molecule has 0 radical (unpaired) electrons. The van der Waals surface area contributed by atoms with E-state index >= 15 is 0 Å². The molecule has 1 aliphatic heterocycles. The number of ketones is 1. The number of hydrogen-bond acceptors (Lipinski definition) is 3. The number of rotatable bonds is 3. The van der Waals surface area contributed by atoms with Gasteiger partial charge in [0.25, 0.3) is 0 Å². The molecular weight excluding hydrogens is 348 g/mol. The van der Waals surface area contributed by atoms with Gasteiger partial charge in [-0.05, 0) is 84.9 Å². The van der Waals surface area contributed by atoms with Crippen LogP contribution in [0.4, 0.5) is 0 Å². The molecule has 5 fully saturated rings. The predicted molar refractivity (Wildman–Crippen MR) is 110 cm³/mol. The first-order valence-electron chi connectivity index (χ1n) is 12.2. The number of ether oxygens (including phenoxy) is 2. The Morgan fingerprint density at radius 3 is 2.46 bits per heavy atom. The van der Waals surface area contributed by atoms with Crippen molar-refractivity contribution in [1.29, 1.82) is 0 Å². The summed E-state index contributed by atoms with van der Waals surface area (Å²) in [5, 5.41) is 0. The van der Waals surface area contributed by atoms with Crippen LogP contribution in [0.2, 0.25) is 0 Å². The number of Topliss-reactive ketones (excluding diaryl/α,β-unsaturated/α-hetero) is 1. The zero-order chi connectivity index (χ0) is 19.5. The largest absolute Gasteiger partial charge is 0.350 e. The highest BCUT2D eigenvalue weighted by molar-refractivity contribution is 5.79. The van der Waals surface area contributed by atoms with E-state index in [1.807, 2.05) is 0 Å². The molecule has 5 rings (SSSR count). The Morgan fingerprint density at radius 1 is 0.964 bits per heavy atom. The average Bonchev–Trinajstić information content (AvgIpc) is 3.30. The van der Waals surface area contributed by atoms with Crippen LogP contribution in [0.15, 0.2) is 0 Å². The molecule has 158 valence electrons. The predicted octanol–water partition coefficient (Wildman–Crippen LogP) is 5.61. The van der Waals surface area contributed by atoms with E-state index in [1.165, 1.54) is 38.5 Å². The average molecular weight is 389 g/mol. The molecule has 0 bridgehead atoms. The first-order valence-corrected chi connectivity index (χ1v) is 12.2. The summed E-state index contributed by atoms with van der Waals surface area (Å²) in [6, 6.07) is 0. The molecule has 3 heteroatoms. The molecule has 28 heavy (non-hydrogen) atoms. The van der Waals surface area contributed by atoms with Gasteiger partial charge in [0.2, 0.25) is 0 Å². The SMILES string of the molecule is CC[C@@H]1CC2C3CC[C@H](CC4OCCO4)C3(C)CCC2[C@@]2(C)CCC(=O)CC12. The fourth-order valence-corrected chi connectivity index (χ4v) is 9.01. The van der Waals surface area contributed by atoms with Crippen molar-refractivity contribution in [3.63, 3.8) is 0 Å². The Labute approximate surface area is 171 Å². The minimum absolute atomic E-state index is 0.0549. The lowest BCUT2D eigenvalue weighted by Crippen LogP contribution is -2.56. The summed E-state index contributed by atoms with van der Waals surface area (Å²) in [6.07, 6.45) is 12.2. The van der Waals surface area contributed by atoms with E-state index in [4.69, 9.17) is 9.47 Å². The second-order valence-electron chi connectivity index (χ2n) is 11.4. The molecule has 0 aromatic carbocycles. The Balaban J connectivity index is 1.39. The van der Waals surface area contributed by atoms with Gasteiger partial charge in [0.05, 0.1) is 13.2 Å². The van der Waals surface area contributed by atoms with E-state index in [1.54, 1.807) is 0 Å². The molecule has 4 saturated carbocycles. The van der Waals surface area contributed by atoms with Crippen molar-refractivity contribution >= 4 is 5.78 Å². The summed E-state index contributed by atoms with van der Waals surface area (Å²) in [4.78, 5) is 12.3. The smallest absolute Gasteiger partial charge is 0.158 e. The van der Waals surface area contributed by atoms with Crippen molar-refractivity contribution in [2.75, 3.05) is 13.2 Å². The maximum Gasteiger partial charge on any atom is 0.158 e. The van der Waals surface area contributed by atoms with Gasteiger partial charge in [0, 0.05) is 19.3 Å². The summed E-state index contributed by atoms with van der Waals surface area (Å²) < 4.78 is 11.6. The summed E-state index contributed by atoms with van der Waals surface area (Å²) in [7, 11) is 0. The first kappa shape index (κ1) is 19.5. The van der Waals surface area contributed by atoms with Gasteiger partial charge in [0.1, 0.15) is 5.78 Å². The topological polar surface area (TPSA) is 35.5 Å². The van der Waals surface area contributed by atoms with Crippen LogP contribution in [-0.4, -0.2) is 25.3 Å². The quantitative estimate of drug-likeness (QED) is 0.630. The standard InChI is InChI=1S/C25H40O3/c1-4-16-13-19-20-6-5-17(14-23-27-11-12-28-23)24(20,2)10-8-21(19)25(3)9-7-18(26)15-22(16)25/h16-17,19-23H,4-15H2,1-3H3/t16-,17-,19?,20?,21?,22?,24?,25-/m1/s1. The molecule has 0 aromatic rings. The molecular formula is C25H40O3. The normalized spacial score (nSPS) is 51.6. The van der Waals surface area contributed by atoms with E-state index < -0.39 is 0 Å². The maximum absolute atomic E-state index is 12.3. The molecule has 0 N–H and O–H groups in total. The highest BCUT2D eigenvalue weighted by Crippen LogP contribution is 2.69. The minimum atomic E-state index is 0.0549. The van der Waals surface area contributed by atoms with Crippen LogP contribution in [0.5, 0.6) is 0 Å². The summed E-state index contributed by atoms with van der Waals surface area (Å²) in [6.45, 7) is 9.12. The lowest BCUT2D eigenvalue weighted by atomic mass is 9.42. The number of carbonyl (C=O) groups excluding carboxylic acids is 1. The van der Waals surface area contributed by atoms with Crippen molar-refractivity contribution in [2.24, 2.45) is 46.3 Å². The van der Waals surface area contributed by atoms with Crippen molar-refractivity contribution in [1.82, 2.24) is 0 Å². The summed E-state index contributed by atoms with van der Waals surface area (Å²) >= 11 is 0. The van der Waals surface area contributed by atoms with Gasteiger partial charge >= 0.3 is 0 Å². The van der Waals surface area contributed by atoms with Crippen LogP contribution in [-0.2, 0) is 14.3 Å². The number of hydrogen-bond donors (Lipinski definition) is 0. The number of fused-ring (bicyclic) bond motifs is 5. The van der Waals surface area contributed by atoms with Crippen LogP contribution < -0.4 is 0 Å². The van der Waals surface area contributed by atoms with Crippen molar-refractivity contribution in [3.8, 4) is 0 Å². The Bertz CT molecular complexity index is 611. The second kappa shape index (κ2) is 7.08. The van der Waals surface area contributed by atoms with E-state index in [0.29, 0.717) is 22.5 Å². The Kier molecular flexibility index (Phi) is 4.94. The van der Waals surface area contributed by atoms with Crippen LogP contribution in [0, 0.1) is 46.3 Å². The fraction of sp³-hybridized carbons (Fsp3) is 0.960. The number of carbonyl (C=O) groups is 1. The molecule has 1 saturated heterocycles. The van der Waals surface area contributed by atoms with E-state index in [9.17, 15) is 4.79 Å². The highest BCUT2D eigenvalue weighted by atomic mass is 16.7. The van der Waals surface area contributed by atoms with E-state index in [-0.39, 0.29) is 6.29 Å². The van der Waals surface area contributed by atoms with Gasteiger partial charge < -0.3 is 9.47 Å². The second-order valence-corrected chi connectivity index (χ2v) is 11.4. The van der Waals surface area contributed by atoms with Gasteiger partial charge in [-0.3, -0.25) is 4.79 Å². The monoisotopic (exact) mass is 388 g/mol. The van der Waals surface area contributed by atoms with Crippen molar-refractivity contribution in [2.45, 2.75) is 91.3 Å². The van der Waals surface area contributed by atoms with Gasteiger partial charge in [0.15, 0.2) is 6.29 Å². The molecule has 0 amide bonds. The lowest BCUT2D eigenvalue weighted by Gasteiger charge is -2.62. The summed E-state index contributed by atoms with van der Waals surface area (Å²) in [5.41, 5.74) is 0.886. The first-order chi connectivity index (χ1) is 13.5. The third kappa shape index (κ3) is 2.86. The Morgan fingerprint density at radius 2 is 1.71 bits per heavy atom. The van der Waals surface area contributed by atoms with Gasteiger partial charge in [-0.15, -0.1) is 0 Å². The van der Waals surface area contributed by atoms with Crippen molar-refractivity contribution < 1.29 is 14.3 Å². The van der Waals surface area contributed by atoms with Crippen LogP contribution in [0.3, 0.4) is 0 Å². The molecule has 3 nitrogen and oxygen atoms in total. The van der Waals surface area contributed by atoms with Crippen LogP contribution in [0.1, 0.15) is 85.0 Å². The lowest BCUT2D eigenvalue weighted by molar-refractivity contribution is -0.153. The summed E-state index contributed by atoms with van der Waals surface area (Å²) in [5.74, 6) is 5.33. The van der Waals surface area contributed by atoms with Crippen molar-refractivity contribution in [3.05, 3.63) is 0 Å². The molecule has 0 spiro atoms. The maximum atomic E-state index is 12.3. The molecule has 8 atom stereocenters. The molecule has 1 heterocycles. The molecule has 5 aliphatic rings. The highest BCUT2D eigenvalue weighted by Gasteiger charge is 2.61. The zero-order valence-electron chi connectivity index (χ0n) is 18.3. The van der Waals surface area contributed by atoms with Gasteiger partial charge in [-0.1, -0.05) is 27.2 Å². The zero-order valence-corrected chi connectivity index (χ0v) is 18.3. The minimum Gasteiger partial charge on any atom is -0.350 e. The van der Waals surface area contributed by atoms with E-state index in [2.05, 4.69) is 20.8 Å². The van der Waals surface area contributed by atoms with Gasteiger partial charge in [-0.25, -0.2) is 0 Å². The molecule has 5 unspecified atom stereocenters.